The quantitative estimate of drug-likeness (QED) is 0.697. The maximum absolute atomic E-state index is 12.3. The van der Waals surface area contributed by atoms with Crippen LogP contribution in [0.4, 0.5) is 11.4 Å². The molecule has 1 aromatic heterocycles. The summed E-state index contributed by atoms with van der Waals surface area (Å²) < 4.78 is 27.1. The van der Waals surface area contributed by atoms with E-state index in [1.165, 1.54) is 48.3 Å². The molecule has 0 unspecified atom stereocenters. The lowest BCUT2D eigenvalue weighted by Crippen LogP contribution is -2.39. The van der Waals surface area contributed by atoms with E-state index in [2.05, 4.69) is 25.3 Å². The zero-order chi connectivity index (χ0) is 17.0. The molecule has 0 saturated carbocycles. The van der Waals surface area contributed by atoms with Crippen LogP contribution in [0.5, 0.6) is 0 Å². The number of hydrogen-bond donors (Lipinski definition) is 3. The molecular weight excluding hydrogens is 350 g/mol. The second-order valence-electron chi connectivity index (χ2n) is 4.90. The molecule has 0 bridgehead atoms. The molecule has 1 atom stereocenters. The van der Waals surface area contributed by atoms with Crippen LogP contribution in [0.15, 0.2) is 62.5 Å². The van der Waals surface area contributed by atoms with Crippen molar-refractivity contribution in [2.75, 3.05) is 12.3 Å². The maximum Gasteiger partial charge on any atom is 0.275 e. The molecule has 1 aliphatic heterocycles. The number of thioether (sulfide) groups is 1. The lowest BCUT2D eigenvalue weighted by atomic mass is 10.3. The van der Waals surface area contributed by atoms with Crippen molar-refractivity contribution in [3.8, 4) is 0 Å². The minimum atomic E-state index is -3.59. The predicted molar refractivity (Wildman–Crippen MR) is 92.3 cm³/mol. The summed E-state index contributed by atoms with van der Waals surface area (Å²) in [5.74, 6) is 0.866. The molecule has 10 heteroatoms. The molecule has 24 heavy (non-hydrogen) atoms. The number of nitrogens with one attached hydrogen (secondary N) is 3. The van der Waals surface area contributed by atoms with Crippen molar-refractivity contribution in [2.24, 2.45) is 10.2 Å². The molecule has 3 N–H and O–H groups in total. The third-order valence-electron chi connectivity index (χ3n) is 3.20. The van der Waals surface area contributed by atoms with Gasteiger partial charge in [0.05, 0.1) is 10.6 Å². The number of azo groups is 1. The smallest absolute Gasteiger partial charge is 0.275 e. The number of pyridine rings is 1. The van der Waals surface area contributed by atoms with Crippen molar-refractivity contribution in [3.63, 3.8) is 0 Å². The zero-order valence-corrected chi connectivity index (χ0v) is 14.1. The molecule has 2 aromatic rings. The van der Waals surface area contributed by atoms with Gasteiger partial charge in [-0.2, -0.15) is 9.84 Å². The van der Waals surface area contributed by atoms with E-state index >= 15 is 0 Å². The molecular formula is C14H15N5O3S2. The van der Waals surface area contributed by atoms with Crippen molar-refractivity contribution in [1.29, 1.82) is 0 Å². The zero-order valence-electron chi connectivity index (χ0n) is 12.5. The Morgan fingerprint density at radius 1 is 1.17 bits per heavy atom. The van der Waals surface area contributed by atoms with Crippen LogP contribution < -0.4 is 15.6 Å². The van der Waals surface area contributed by atoms with E-state index in [0.717, 1.165) is 12.3 Å². The fraction of sp³-hybridized carbons (Fsp3) is 0.214. The lowest BCUT2D eigenvalue weighted by molar-refractivity contribution is 0.568. The predicted octanol–water partition coefficient (Wildman–Crippen LogP) is 1.69. The summed E-state index contributed by atoms with van der Waals surface area (Å²) in [6.07, 6.45) is 1.51. The Balaban J connectivity index is 1.73. The van der Waals surface area contributed by atoms with E-state index in [-0.39, 0.29) is 21.6 Å². The first kappa shape index (κ1) is 16.8. The molecule has 1 aromatic carbocycles. The second-order valence-corrected chi connectivity index (χ2v) is 7.83. The Kier molecular flexibility index (Phi) is 5.09. The van der Waals surface area contributed by atoms with Crippen LogP contribution in [-0.2, 0) is 10.0 Å². The summed E-state index contributed by atoms with van der Waals surface area (Å²) in [6, 6.07) is 9.15. The summed E-state index contributed by atoms with van der Waals surface area (Å²) in [4.78, 5) is 14.1. The molecule has 1 aliphatic rings. The van der Waals surface area contributed by atoms with Gasteiger partial charge in [0.2, 0.25) is 10.0 Å². The normalized spacial score (nSPS) is 18.2. The van der Waals surface area contributed by atoms with Crippen LogP contribution in [0.3, 0.4) is 0 Å². The van der Waals surface area contributed by atoms with E-state index in [0.29, 0.717) is 5.69 Å². The molecule has 0 amide bonds. The van der Waals surface area contributed by atoms with E-state index in [1.807, 2.05) is 0 Å². The first-order valence-corrected chi connectivity index (χ1v) is 9.65. The minimum Gasteiger partial charge on any atom is -0.327 e. The van der Waals surface area contributed by atoms with Gasteiger partial charge in [-0.1, -0.05) is 0 Å². The molecule has 8 nitrogen and oxygen atoms in total. The highest BCUT2D eigenvalue weighted by atomic mass is 32.2. The van der Waals surface area contributed by atoms with Crippen LogP contribution in [0.2, 0.25) is 0 Å². The monoisotopic (exact) mass is 365 g/mol. The van der Waals surface area contributed by atoms with Gasteiger partial charge in [-0.25, -0.2) is 8.42 Å². The summed E-state index contributed by atoms with van der Waals surface area (Å²) in [5, 5.41) is 10.8. The molecule has 3 rings (SSSR count). The van der Waals surface area contributed by atoms with E-state index < -0.39 is 10.0 Å². The molecule has 126 valence electrons. The Bertz CT molecular complexity index is 887. The third kappa shape index (κ3) is 4.09. The highest BCUT2D eigenvalue weighted by Crippen LogP contribution is 2.20. The third-order valence-corrected chi connectivity index (χ3v) is 5.84. The summed E-state index contributed by atoms with van der Waals surface area (Å²) in [5.41, 5.74) is -0.0175. The Morgan fingerprint density at radius 2 is 1.96 bits per heavy atom. The van der Waals surface area contributed by atoms with Crippen LogP contribution in [0.1, 0.15) is 0 Å². The van der Waals surface area contributed by atoms with Gasteiger partial charge in [-0.3, -0.25) is 10.1 Å². The summed E-state index contributed by atoms with van der Waals surface area (Å²) in [7, 11) is -3.59. The van der Waals surface area contributed by atoms with Gasteiger partial charge in [0.15, 0.2) is 5.69 Å². The minimum absolute atomic E-state index is 0.147. The topological polar surface area (TPSA) is 116 Å². The number of H-pyrrole nitrogens is 1. The summed E-state index contributed by atoms with van der Waals surface area (Å²) in [6.45, 7) is 0.774. The van der Waals surface area contributed by atoms with Crippen molar-refractivity contribution < 1.29 is 8.42 Å². The van der Waals surface area contributed by atoms with E-state index in [9.17, 15) is 13.2 Å². The first-order valence-electron chi connectivity index (χ1n) is 7.11. The number of benzene rings is 1. The number of rotatable bonds is 5. The molecule has 0 radical (unpaired) electrons. The highest BCUT2D eigenvalue weighted by molar-refractivity contribution is 8.01. The number of aromatic nitrogens is 1. The second kappa shape index (κ2) is 7.26. The molecule has 1 fully saturated rings. The Morgan fingerprint density at radius 3 is 2.62 bits per heavy atom. The maximum atomic E-state index is 12.3. The largest absolute Gasteiger partial charge is 0.327 e. The number of hydrogen-bond acceptors (Lipinski definition) is 7. The van der Waals surface area contributed by atoms with Gasteiger partial charge < -0.3 is 4.98 Å². The van der Waals surface area contributed by atoms with Crippen LogP contribution in [0.25, 0.3) is 0 Å². The number of sulfonamides is 1. The highest BCUT2D eigenvalue weighted by Gasteiger charge is 2.22. The van der Waals surface area contributed by atoms with Gasteiger partial charge in [-0.15, -0.1) is 16.9 Å². The summed E-state index contributed by atoms with van der Waals surface area (Å²) >= 11 is 1.51. The van der Waals surface area contributed by atoms with Gasteiger partial charge in [0, 0.05) is 18.5 Å². The molecule has 0 aliphatic carbocycles. The fourth-order valence-corrected chi connectivity index (χ4v) is 4.36. The average molecular weight is 365 g/mol. The Hall–Kier alpha value is -2.01. The van der Waals surface area contributed by atoms with Crippen LogP contribution >= 0.6 is 11.8 Å². The van der Waals surface area contributed by atoms with Crippen LogP contribution in [-0.4, -0.2) is 31.2 Å². The lowest BCUT2D eigenvalue weighted by Gasteiger charge is -2.12. The van der Waals surface area contributed by atoms with Crippen molar-refractivity contribution >= 4 is 33.2 Å². The van der Waals surface area contributed by atoms with Gasteiger partial charge in [0.1, 0.15) is 5.50 Å². The van der Waals surface area contributed by atoms with Gasteiger partial charge >= 0.3 is 0 Å². The van der Waals surface area contributed by atoms with Crippen molar-refractivity contribution in [3.05, 3.63) is 52.9 Å². The Labute approximate surface area is 142 Å². The number of nitrogens with zero attached hydrogens (tertiary/aromatic N) is 2. The standard InChI is InChI=1S/C14H15N5O3S2/c20-13-12(2-1-7-15-13)18-17-10-3-5-11(6-4-10)24(21,22)19-14-16-8-9-23-14/h1-7,14,16,19H,8-9H2,(H,15,20)/t14-/m1/s1. The van der Waals surface area contributed by atoms with Crippen LogP contribution in [0, 0.1) is 0 Å². The molecule has 1 saturated heterocycles. The van der Waals surface area contributed by atoms with Gasteiger partial charge in [0.25, 0.3) is 5.56 Å². The van der Waals surface area contributed by atoms with Gasteiger partial charge in [-0.05, 0) is 36.4 Å². The van der Waals surface area contributed by atoms with E-state index in [4.69, 9.17) is 0 Å². The first-order chi connectivity index (χ1) is 11.5. The van der Waals surface area contributed by atoms with E-state index in [1.54, 1.807) is 6.07 Å². The van der Waals surface area contributed by atoms with Crippen molar-refractivity contribution in [2.45, 2.75) is 10.4 Å². The number of aromatic amines is 1. The SMILES string of the molecule is O=c1[nH]cccc1N=Nc1ccc(S(=O)(=O)N[C@H]2NCCS2)cc1. The molecule has 2 heterocycles. The van der Waals surface area contributed by atoms with Crippen molar-refractivity contribution in [1.82, 2.24) is 15.0 Å². The molecule has 0 spiro atoms. The fourth-order valence-electron chi connectivity index (χ4n) is 2.01. The average Bonchev–Trinajstić information content (AvgIpc) is 3.07.